The van der Waals surface area contributed by atoms with Gasteiger partial charge in [-0.1, -0.05) is 47.1 Å². The molecule has 0 radical (unpaired) electrons. The molecule has 0 saturated carbocycles. The van der Waals surface area contributed by atoms with Crippen molar-refractivity contribution in [2.24, 2.45) is 0 Å². The number of hydrogen-bond acceptors (Lipinski definition) is 4. The fraction of sp³-hybridized carbons (Fsp3) is 0.0833. The average Bonchev–Trinajstić information content (AvgIpc) is 2.41. The topological polar surface area (TPSA) is 69.5 Å². The van der Waals surface area contributed by atoms with Crippen LogP contribution in [-0.4, -0.2) is 16.2 Å². The van der Waals surface area contributed by atoms with Crippen molar-refractivity contribution in [1.29, 1.82) is 5.26 Å². The lowest BCUT2D eigenvalue weighted by Crippen LogP contribution is -2.14. The summed E-state index contributed by atoms with van der Waals surface area (Å²) in [6.07, 6.45) is 1.77. The molecule has 0 unspecified atom stereocenters. The molecule has 0 aliphatic rings. The van der Waals surface area contributed by atoms with Gasteiger partial charge in [0.25, 0.3) is 5.56 Å². The maximum atomic E-state index is 11.8. The van der Waals surface area contributed by atoms with Crippen molar-refractivity contribution >= 4 is 35.0 Å². The van der Waals surface area contributed by atoms with Crippen molar-refractivity contribution in [1.82, 2.24) is 9.97 Å². The summed E-state index contributed by atoms with van der Waals surface area (Å²) < 4.78 is 0. The number of halogens is 2. The molecule has 4 nitrogen and oxygen atoms in total. The number of aromatic amines is 1. The van der Waals surface area contributed by atoms with Crippen molar-refractivity contribution in [3.63, 3.8) is 0 Å². The van der Waals surface area contributed by atoms with Gasteiger partial charge in [-0.25, -0.2) is 4.98 Å². The average molecular weight is 312 g/mol. The third-order valence-corrected chi connectivity index (χ3v) is 3.81. The van der Waals surface area contributed by atoms with Crippen LogP contribution in [0.1, 0.15) is 5.56 Å². The van der Waals surface area contributed by atoms with Crippen molar-refractivity contribution in [2.75, 3.05) is 6.26 Å². The molecule has 1 heterocycles. The monoisotopic (exact) mass is 311 g/mol. The third kappa shape index (κ3) is 2.61. The molecule has 1 N–H and O–H groups in total. The maximum absolute atomic E-state index is 11.8. The highest BCUT2D eigenvalue weighted by atomic mass is 35.5. The highest BCUT2D eigenvalue weighted by Crippen LogP contribution is 2.33. The molecule has 0 fully saturated rings. The number of hydrogen-bond donors (Lipinski definition) is 1. The molecule has 0 saturated heterocycles. The highest BCUT2D eigenvalue weighted by molar-refractivity contribution is 7.98. The van der Waals surface area contributed by atoms with Crippen molar-refractivity contribution in [3.8, 4) is 17.3 Å². The zero-order valence-corrected chi connectivity index (χ0v) is 12.0. The van der Waals surface area contributed by atoms with Gasteiger partial charge in [-0.2, -0.15) is 5.26 Å². The Hall–Kier alpha value is -1.48. The molecule has 19 heavy (non-hydrogen) atoms. The minimum Gasteiger partial charge on any atom is -0.300 e. The second kappa shape index (κ2) is 5.66. The molecule has 0 aliphatic heterocycles. The predicted octanol–water partition coefficient (Wildman–Crippen LogP) is 3.34. The Morgan fingerprint density at radius 1 is 1.42 bits per heavy atom. The standard InChI is InChI=1S/C12H7Cl2N3OS/c1-19-12-16-10(7(5-15)11(18)17-12)6-3-2-4-8(13)9(6)14/h2-4H,1H3,(H,16,17,18). The summed E-state index contributed by atoms with van der Waals surface area (Å²) in [6, 6.07) is 6.82. The molecule has 2 rings (SSSR count). The number of benzene rings is 1. The zero-order chi connectivity index (χ0) is 14.0. The van der Waals surface area contributed by atoms with E-state index in [1.54, 1.807) is 24.5 Å². The molecule has 0 atom stereocenters. The van der Waals surface area contributed by atoms with E-state index in [0.717, 1.165) is 0 Å². The number of nitrogens with one attached hydrogen (secondary N) is 1. The van der Waals surface area contributed by atoms with E-state index >= 15 is 0 Å². The van der Waals surface area contributed by atoms with Crippen LogP contribution in [0.5, 0.6) is 0 Å². The molecule has 7 heteroatoms. The second-order valence-electron chi connectivity index (χ2n) is 3.51. The number of aromatic nitrogens is 2. The Morgan fingerprint density at radius 2 is 2.16 bits per heavy atom. The Morgan fingerprint density at radius 3 is 2.79 bits per heavy atom. The van der Waals surface area contributed by atoms with Gasteiger partial charge in [0.2, 0.25) is 0 Å². The van der Waals surface area contributed by atoms with Gasteiger partial charge in [0.1, 0.15) is 11.6 Å². The summed E-state index contributed by atoms with van der Waals surface area (Å²) >= 11 is 13.3. The van der Waals surface area contributed by atoms with Crippen molar-refractivity contribution < 1.29 is 0 Å². The zero-order valence-electron chi connectivity index (χ0n) is 9.70. The first-order valence-corrected chi connectivity index (χ1v) is 7.09. The SMILES string of the molecule is CSc1nc(-c2cccc(Cl)c2Cl)c(C#N)c(=O)[nH]1. The van der Waals surface area contributed by atoms with Gasteiger partial charge in [-0.3, -0.25) is 4.79 Å². The Labute approximate surface area is 123 Å². The summed E-state index contributed by atoms with van der Waals surface area (Å²) in [4.78, 5) is 18.6. The van der Waals surface area contributed by atoms with Gasteiger partial charge in [0.05, 0.1) is 15.7 Å². The second-order valence-corrected chi connectivity index (χ2v) is 5.09. The third-order valence-electron chi connectivity index (χ3n) is 2.41. The molecule has 0 spiro atoms. The van der Waals surface area contributed by atoms with Crippen LogP contribution in [0.3, 0.4) is 0 Å². The first kappa shape index (κ1) is 13.9. The van der Waals surface area contributed by atoms with E-state index in [2.05, 4.69) is 9.97 Å². The first-order chi connectivity index (χ1) is 9.08. The largest absolute Gasteiger partial charge is 0.300 e. The first-order valence-electron chi connectivity index (χ1n) is 5.11. The van der Waals surface area contributed by atoms with Crippen LogP contribution in [0.25, 0.3) is 11.3 Å². The van der Waals surface area contributed by atoms with Gasteiger partial charge in [-0.05, 0) is 12.3 Å². The summed E-state index contributed by atoms with van der Waals surface area (Å²) in [7, 11) is 0. The lowest BCUT2D eigenvalue weighted by atomic mass is 10.1. The fourth-order valence-corrected chi connectivity index (χ4v) is 2.30. The van der Waals surface area contributed by atoms with Crippen LogP contribution in [0.2, 0.25) is 10.0 Å². The molecular formula is C12H7Cl2N3OS. The van der Waals surface area contributed by atoms with Gasteiger partial charge in [0.15, 0.2) is 5.16 Å². The molecule has 1 aromatic heterocycles. The fourth-order valence-electron chi connectivity index (χ4n) is 1.53. The molecule has 0 aliphatic carbocycles. The van der Waals surface area contributed by atoms with Crippen molar-refractivity contribution in [2.45, 2.75) is 5.16 Å². The molecule has 0 bridgehead atoms. The van der Waals surface area contributed by atoms with Crippen LogP contribution < -0.4 is 5.56 Å². The highest BCUT2D eigenvalue weighted by Gasteiger charge is 2.16. The van der Waals surface area contributed by atoms with E-state index < -0.39 is 5.56 Å². The number of nitriles is 1. The van der Waals surface area contributed by atoms with E-state index in [1.807, 2.05) is 6.07 Å². The normalized spacial score (nSPS) is 10.2. The molecule has 96 valence electrons. The summed E-state index contributed by atoms with van der Waals surface area (Å²) in [5.41, 5.74) is 0.130. The minimum absolute atomic E-state index is 0.0815. The quantitative estimate of drug-likeness (QED) is 0.682. The smallest absolute Gasteiger partial charge is 0.270 e. The summed E-state index contributed by atoms with van der Waals surface area (Å²) in [5, 5.41) is 10.1. The molecule has 1 aromatic carbocycles. The van der Waals surface area contributed by atoms with Crippen LogP contribution >= 0.6 is 35.0 Å². The summed E-state index contributed by atoms with van der Waals surface area (Å²) in [5.74, 6) is 0. The number of thioether (sulfide) groups is 1. The van der Waals surface area contributed by atoms with Crippen LogP contribution in [0, 0.1) is 11.3 Å². The molecule has 0 amide bonds. The van der Waals surface area contributed by atoms with Crippen LogP contribution in [0.15, 0.2) is 28.2 Å². The lowest BCUT2D eigenvalue weighted by Gasteiger charge is -2.07. The number of H-pyrrole nitrogens is 1. The molecular weight excluding hydrogens is 305 g/mol. The van der Waals surface area contributed by atoms with E-state index in [4.69, 9.17) is 28.5 Å². The van der Waals surface area contributed by atoms with Crippen molar-refractivity contribution in [3.05, 3.63) is 44.2 Å². The van der Waals surface area contributed by atoms with Gasteiger partial charge in [-0.15, -0.1) is 0 Å². The predicted molar refractivity (Wildman–Crippen MR) is 76.8 cm³/mol. The van der Waals surface area contributed by atoms with Gasteiger partial charge < -0.3 is 4.98 Å². The van der Waals surface area contributed by atoms with Crippen LogP contribution in [0.4, 0.5) is 0 Å². The molecule has 2 aromatic rings. The van der Waals surface area contributed by atoms with Crippen LogP contribution in [-0.2, 0) is 0 Å². The Balaban J connectivity index is 2.81. The van der Waals surface area contributed by atoms with E-state index in [9.17, 15) is 4.79 Å². The van der Waals surface area contributed by atoms with Gasteiger partial charge in [0, 0.05) is 5.56 Å². The Bertz CT molecular complexity index is 737. The Kier molecular flexibility index (Phi) is 4.15. The number of nitrogens with zero attached hydrogens (tertiary/aromatic N) is 2. The van der Waals surface area contributed by atoms with E-state index in [0.29, 0.717) is 15.7 Å². The minimum atomic E-state index is -0.493. The summed E-state index contributed by atoms with van der Waals surface area (Å²) in [6.45, 7) is 0. The van der Waals surface area contributed by atoms with E-state index in [-0.39, 0.29) is 16.3 Å². The van der Waals surface area contributed by atoms with E-state index in [1.165, 1.54) is 11.8 Å². The lowest BCUT2D eigenvalue weighted by molar-refractivity contribution is 0.938. The number of rotatable bonds is 2. The maximum Gasteiger partial charge on any atom is 0.270 e. The van der Waals surface area contributed by atoms with Gasteiger partial charge >= 0.3 is 0 Å².